The third-order valence-electron chi connectivity index (χ3n) is 3.62. The fraction of sp³-hybridized carbons (Fsp3) is 0.438. The summed E-state index contributed by atoms with van der Waals surface area (Å²) >= 11 is 7.35. The van der Waals surface area contributed by atoms with E-state index in [0.29, 0.717) is 15.9 Å². The Balaban J connectivity index is 1.97. The van der Waals surface area contributed by atoms with Crippen LogP contribution in [0.1, 0.15) is 32.3 Å². The van der Waals surface area contributed by atoms with Crippen LogP contribution >= 0.6 is 23.4 Å². The molecule has 7 heteroatoms. The Kier molecular flexibility index (Phi) is 6.07. The van der Waals surface area contributed by atoms with Crippen molar-refractivity contribution < 1.29 is 9.59 Å². The van der Waals surface area contributed by atoms with Gasteiger partial charge in [-0.05, 0) is 38.0 Å². The molecular weight excluding hydrogens is 334 g/mol. The van der Waals surface area contributed by atoms with E-state index in [1.807, 2.05) is 20.8 Å². The SMILES string of the molecule is CC[C@@H](C)N=C1NC(=O)[C@H](CC(=O)Nc2cccc(Cl)c2C)S1. The lowest BCUT2D eigenvalue weighted by Gasteiger charge is -2.10. The molecular formula is C16H20ClN3O2S. The molecule has 1 aliphatic rings. The Morgan fingerprint density at radius 1 is 1.52 bits per heavy atom. The fourth-order valence-electron chi connectivity index (χ4n) is 2.00. The molecule has 0 aromatic heterocycles. The maximum atomic E-state index is 12.2. The van der Waals surface area contributed by atoms with E-state index in [2.05, 4.69) is 15.6 Å². The number of benzene rings is 1. The van der Waals surface area contributed by atoms with E-state index in [1.165, 1.54) is 11.8 Å². The van der Waals surface area contributed by atoms with E-state index in [0.717, 1.165) is 12.0 Å². The second-order valence-electron chi connectivity index (χ2n) is 5.45. The van der Waals surface area contributed by atoms with Crippen molar-refractivity contribution in [1.29, 1.82) is 0 Å². The molecule has 0 saturated carbocycles. The van der Waals surface area contributed by atoms with Crippen molar-refractivity contribution in [2.45, 2.75) is 44.9 Å². The van der Waals surface area contributed by atoms with Crippen LogP contribution in [0.2, 0.25) is 5.02 Å². The first-order valence-electron chi connectivity index (χ1n) is 7.51. The van der Waals surface area contributed by atoms with Crippen LogP contribution in [0.3, 0.4) is 0 Å². The van der Waals surface area contributed by atoms with Gasteiger partial charge in [-0.3, -0.25) is 14.6 Å². The van der Waals surface area contributed by atoms with Gasteiger partial charge in [-0.2, -0.15) is 0 Å². The van der Waals surface area contributed by atoms with Crippen molar-refractivity contribution >= 4 is 46.0 Å². The fourth-order valence-corrected chi connectivity index (χ4v) is 3.25. The zero-order valence-electron chi connectivity index (χ0n) is 13.4. The molecule has 2 N–H and O–H groups in total. The molecule has 1 aromatic carbocycles. The van der Waals surface area contributed by atoms with Crippen molar-refractivity contribution in [2.24, 2.45) is 4.99 Å². The molecule has 1 aromatic rings. The number of amides is 2. The smallest absolute Gasteiger partial charge is 0.240 e. The van der Waals surface area contributed by atoms with E-state index in [9.17, 15) is 9.59 Å². The van der Waals surface area contributed by atoms with Crippen LogP contribution < -0.4 is 10.6 Å². The molecule has 0 radical (unpaired) electrons. The summed E-state index contributed by atoms with van der Waals surface area (Å²) in [6.07, 6.45) is 1.00. The summed E-state index contributed by atoms with van der Waals surface area (Å²) in [6, 6.07) is 5.49. The lowest BCUT2D eigenvalue weighted by Crippen LogP contribution is -2.28. The van der Waals surface area contributed by atoms with Gasteiger partial charge in [0.25, 0.3) is 0 Å². The van der Waals surface area contributed by atoms with Crippen molar-refractivity contribution in [3.05, 3.63) is 28.8 Å². The molecule has 2 atom stereocenters. The lowest BCUT2D eigenvalue weighted by atomic mass is 10.2. The quantitative estimate of drug-likeness (QED) is 0.852. The molecule has 1 aliphatic heterocycles. The number of carbonyl (C=O) groups excluding carboxylic acids is 2. The van der Waals surface area contributed by atoms with Gasteiger partial charge in [0.05, 0.1) is 0 Å². The topological polar surface area (TPSA) is 70.6 Å². The minimum Gasteiger partial charge on any atom is -0.326 e. The summed E-state index contributed by atoms with van der Waals surface area (Å²) in [6.45, 7) is 5.86. The van der Waals surface area contributed by atoms with Gasteiger partial charge in [0.15, 0.2) is 5.17 Å². The van der Waals surface area contributed by atoms with E-state index in [-0.39, 0.29) is 24.3 Å². The number of halogens is 1. The second kappa shape index (κ2) is 7.84. The van der Waals surface area contributed by atoms with Crippen molar-refractivity contribution in [1.82, 2.24) is 5.32 Å². The van der Waals surface area contributed by atoms with Crippen molar-refractivity contribution in [3.8, 4) is 0 Å². The molecule has 0 unspecified atom stereocenters. The number of amidine groups is 1. The predicted octanol–water partition coefficient (Wildman–Crippen LogP) is 3.36. The van der Waals surface area contributed by atoms with E-state index in [4.69, 9.17) is 11.6 Å². The van der Waals surface area contributed by atoms with Crippen LogP contribution in [0.25, 0.3) is 0 Å². The maximum Gasteiger partial charge on any atom is 0.240 e. The van der Waals surface area contributed by atoms with Crippen molar-refractivity contribution in [2.75, 3.05) is 5.32 Å². The molecule has 2 amide bonds. The van der Waals surface area contributed by atoms with Gasteiger partial charge in [0.1, 0.15) is 5.25 Å². The number of thioether (sulfide) groups is 1. The van der Waals surface area contributed by atoms with Crippen molar-refractivity contribution in [3.63, 3.8) is 0 Å². The first kappa shape index (κ1) is 17.8. The second-order valence-corrected chi connectivity index (χ2v) is 7.05. The summed E-state index contributed by atoms with van der Waals surface area (Å²) in [5.41, 5.74) is 1.48. The summed E-state index contributed by atoms with van der Waals surface area (Å²) < 4.78 is 0. The molecule has 1 saturated heterocycles. The van der Waals surface area contributed by atoms with Crippen LogP contribution in [-0.4, -0.2) is 28.3 Å². The Hall–Kier alpha value is -1.53. The monoisotopic (exact) mass is 353 g/mol. The summed E-state index contributed by atoms with van der Waals surface area (Å²) in [7, 11) is 0. The molecule has 124 valence electrons. The summed E-state index contributed by atoms with van der Waals surface area (Å²) in [5, 5.41) is 6.29. The number of carbonyl (C=O) groups is 2. The summed E-state index contributed by atoms with van der Waals surface area (Å²) in [5.74, 6) is -0.386. The van der Waals surface area contributed by atoms with Gasteiger partial charge in [-0.15, -0.1) is 0 Å². The zero-order valence-corrected chi connectivity index (χ0v) is 14.9. The number of anilines is 1. The molecule has 5 nitrogen and oxygen atoms in total. The molecule has 0 spiro atoms. The third kappa shape index (κ3) is 4.72. The van der Waals surface area contributed by atoms with Crippen LogP contribution in [0.15, 0.2) is 23.2 Å². The van der Waals surface area contributed by atoms with E-state index >= 15 is 0 Å². The average molecular weight is 354 g/mol. The minimum atomic E-state index is -0.447. The van der Waals surface area contributed by atoms with Gasteiger partial charge in [-0.25, -0.2) is 0 Å². The van der Waals surface area contributed by atoms with Crippen LogP contribution in [-0.2, 0) is 9.59 Å². The highest BCUT2D eigenvalue weighted by Crippen LogP contribution is 2.26. The third-order valence-corrected chi connectivity index (χ3v) is 5.12. The Labute approximate surface area is 145 Å². The van der Waals surface area contributed by atoms with Gasteiger partial charge < -0.3 is 10.6 Å². The maximum absolute atomic E-state index is 12.2. The van der Waals surface area contributed by atoms with E-state index in [1.54, 1.807) is 18.2 Å². The minimum absolute atomic E-state index is 0.0992. The zero-order chi connectivity index (χ0) is 17.0. The standard InChI is InChI=1S/C16H20ClN3O2S/c1-4-9(2)18-16-20-15(22)13(23-16)8-14(21)19-12-7-5-6-11(17)10(12)3/h5-7,9,13H,4,8H2,1-3H3,(H,19,21)(H,18,20,22)/t9-,13+/m1/s1. The Morgan fingerprint density at radius 2 is 2.26 bits per heavy atom. The predicted molar refractivity (Wildman–Crippen MR) is 96.1 cm³/mol. The Bertz CT molecular complexity index is 648. The lowest BCUT2D eigenvalue weighted by molar-refractivity contribution is -0.122. The van der Waals surface area contributed by atoms with Crippen LogP contribution in [0.4, 0.5) is 5.69 Å². The van der Waals surface area contributed by atoms with Gasteiger partial charge in [0, 0.05) is 23.2 Å². The number of nitrogens with one attached hydrogen (secondary N) is 2. The van der Waals surface area contributed by atoms with Gasteiger partial charge in [-0.1, -0.05) is 36.4 Å². The number of aliphatic imine (C=N–C) groups is 1. The Morgan fingerprint density at radius 3 is 2.96 bits per heavy atom. The summed E-state index contributed by atoms with van der Waals surface area (Å²) in [4.78, 5) is 28.5. The normalized spacial score (nSPS) is 20.4. The highest BCUT2D eigenvalue weighted by molar-refractivity contribution is 8.15. The number of nitrogens with zero attached hydrogens (tertiary/aromatic N) is 1. The number of rotatable bonds is 5. The highest BCUT2D eigenvalue weighted by atomic mass is 35.5. The molecule has 2 rings (SSSR count). The van der Waals surface area contributed by atoms with Crippen LogP contribution in [0.5, 0.6) is 0 Å². The molecule has 0 bridgehead atoms. The van der Waals surface area contributed by atoms with Gasteiger partial charge >= 0.3 is 0 Å². The van der Waals surface area contributed by atoms with Gasteiger partial charge in [0.2, 0.25) is 11.8 Å². The van der Waals surface area contributed by atoms with Crippen LogP contribution in [0, 0.1) is 6.92 Å². The molecule has 0 aliphatic carbocycles. The molecule has 23 heavy (non-hydrogen) atoms. The average Bonchev–Trinajstić information content (AvgIpc) is 2.83. The molecule has 1 fully saturated rings. The number of hydrogen-bond acceptors (Lipinski definition) is 4. The number of hydrogen-bond donors (Lipinski definition) is 2. The first-order chi connectivity index (χ1) is 10.9. The first-order valence-corrected chi connectivity index (χ1v) is 8.76. The molecule has 1 heterocycles. The van der Waals surface area contributed by atoms with E-state index < -0.39 is 5.25 Å². The highest BCUT2D eigenvalue weighted by Gasteiger charge is 2.32. The largest absolute Gasteiger partial charge is 0.326 e.